The lowest BCUT2D eigenvalue weighted by Gasteiger charge is -1.94. The topological polar surface area (TPSA) is 49.3 Å². The fourth-order valence-electron chi connectivity index (χ4n) is 0.637. The Labute approximate surface area is 104 Å². The second-order valence-corrected chi connectivity index (χ2v) is 3.74. The maximum atomic E-state index is 9.74. The van der Waals surface area contributed by atoms with Gasteiger partial charge in [-0.1, -0.05) is 29.3 Å². The van der Waals surface area contributed by atoms with Crippen LogP contribution in [0.25, 0.3) is 0 Å². The second-order valence-electron chi connectivity index (χ2n) is 2.61. The number of amides is 1. The van der Waals surface area contributed by atoms with Crippen LogP contribution >= 0.6 is 35.8 Å². The number of hydrogen-bond donors (Lipinski definition) is 3. The van der Waals surface area contributed by atoms with Gasteiger partial charge in [-0.2, -0.15) is 12.6 Å². The Morgan fingerprint density at radius 1 is 1.47 bits per heavy atom. The molecule has 0 fully saturated rings. The van der Waals surface area contributed by atoms with E-state index in [0.29, 0.717) is 10.0 Å². The summed E-state index contributed by atoms with van der Waals surface area (Å²) >= 11 is 14.9. The van der Waals surface area contributed by atoms with Gasteiger partial charge in [0.15, 0.2) is 0 Å². The molecule has 84 valence electrons. The van der Waals surface area contributed by atoms with Crippen LogP contribution in [0.4, 0.5) is 0 Å². The quantitative estimate of drug-likeness (QED) is 0.416. The molecule has 1 aromatic carbocycles. The first-order chi connectivity index (χ1) is 7.01. The Morgan fingerprint density at radius 2 is 2.07 bits per heavy atom. The third-order valence-corrected chi connectivity index (χ3v) is 2.37. The van der Waals surface area contributed by atoms with E-state index < -0.39 is 5.91 Å². The number of carbonyl (C=O) groups is 1. The molecule has 0 aromatic heterocycles. The second kappa shape index (κ2) is 7.82. The summed E-state index contributed by atoms with van der Waals surface area (Å²) in [4.78, 5) is 9.74. The van der Waals surface area contributed by atoms with Crippen LogP contribution in [0, 0.1) is 6.92 Å². The van der Waals surface area contributed by atoms with Crippen molar-refractivity contribution in [2.24, 2.45) is 0 Å². The van der Waals surface area contributed by atoms with Gasteiger partial charge in [0.1, 0.15) is 0 Å². The third kappa shape index (κ3) is 6.62. The third-order valence-electron chi connectivity index (χ3n) is 1.34. The highest BCUT2D eigenvalue weighted by Crippen LogP contribution is 2.21. The monoisotopic (exact) mass is 267 g/mol. The summed E-state index contributed by atoms with van der Waals surface area (Å²) in [5, 5.41) is 8.92. The van der Waals surface area contributed by atoms with Crippen molar-refractivity contribution in [1.29, 1.82) is 0 Å². The Balaban J connectivity index is 0.000000288. The molecule has 0 aliphatic carbocycles. The number of hydroxylamine groups is 1. The van der Waals surface area contributed by atoms with Crippen LogP contribution in [0.5, 0.6) is 0 Å². The van der Waals surface area contributed by atoms with E-state index >= 15 is 0 Å². The first kappa shape index (κ1) is 14.6. The Hall–Kier alpha value is -0.420. The van der Waals surface area contributed by atoms with Gasteiger partial charge in [-0.25, -0.2) is 5.48 Å². The molecule has 1 rings (SSSR count). The minimum atomic E-state index is -0.488. The Bertz CT molecular complexity index is 328. The number of thiol groups is 1. The molecule has 0 aliphatic rings. The number of carbonyl (C=O) groups excluding carboxylic acids is 1. The van der Waals surface area contributed by atoms with Crippen molar-refractivity contribution in [2.45, 2.75) is 6.92 Å². The Morgan fingerprint density at radius 3 is 2.33 bits per heavy atom. The summed E-state index contributed by atoms with van der Waals surface area (Å²) in [6, 6.07) is 5.55. The van der Waals surface area contributed by atoms with Crippen LogP contribution in [-0.4, -0.2) is 16.9 Å². The molecule has 1 amide bonds. The van der Waals surface area contributed by atoms with Crippen molar-refractivity contribution >= 4 is 41.7 Å². The summed E-state index contributed by atoms with van der Waals surface area (Å²) in [5.74, 6) is -0.463. The van der Waals surface area contributed by atoms with E-state index in [1.165, 1.54) is 5.48 Å². The van der Waals surface area contributed by atoms with E-state index in [-0.39, 0.29) is 5.75 Å². The largest absolute Gasteiger partial charge is 0.289 e. The van der Waals surface area contributed by atoms with Gasteiger partial charge in [0, 0.05) is 0 Å². The number of nitrogens with one attached hydrogen (secondary N) is 1. The van der Waals surface area contributed by atoms with E-state index in [4.69, 9.17) is 28.4 Å². The first-order valence-corrected chi connectivity index (χ1v) is 5.35. The van der Waals surface area contributed by atoms with Crippen LogP contribution in [-0.2, 0) is 4.79 Å². The molecule has 0 saturated heterocycles. The molecule has 0 spiro atoms. The average molecular weight is 268 g/mol. The number of aryl methyl sites for hydroxylation is 1. The molecule has 0 unspecified atom stereocenters. The maximum Gasteiger partial charge on any atom is 0.253 e. The number of halogens is 2. The number of benzene rings is 1. The van der Waals surface area contributed by atoms with E-state index in [1.807, 2.05) is 19.1 Å². The van der Waals surface area contributed by atoms with E-state index in [2.05, 4.69) is 12.6 Å². The summed E-state index contributed by atoms with van der Waals surface area (Å²) in [5.41, 5.74) is 2.53. The molecule has 2 N–H and O–H groups in total. The van der Waals surface area contributed by atoms with E-state index in [0.717, 1.165) is 5.56 Å². The Kier molecular flexibility index (Phi) is 7.60. The predicted octanol–water partition coefficient (Wildman–Crippen LogP) is 2.72. The molecule has 0 atom stereocenters. The zero-order valence-electron chi connectivity index (χ0n) is 8.00. The fourth-order valence-corrected chi connectivity index (χ4v) is 1.06. The van der Waals surface area contributed by atoms with Crippen LogP contribution < -0.4 is 5.48 Å². The summed E-state index contributed by atoms with van der Waals surface area (Å²) in [6.07, 6.45) is 0. The molecule has 6 heteroatoms. The minimum absolute atomic E-state index is 0.0243. The summed E-state index contributed by atoms with van der Waals surface area (Å²) in [6.45, 7) is 1.97. The maximum absolute atomic E-state index is 9.74. The highest BCUT2D eigenvalue weighted by molar-refractivity contribution is 7.81. The standard InChI is InChI=1S/C7H6Cl2.C2H5NO2S/c1-5-2-3-6(8)7(9)4-5;4-2(1-6)3-5/h2-4H,1H3;5-6H,1H2,(H,3,4). The van der Waals surface area contributed by atoms with E-state index in [9.17, 15) is 4.79 Å². The van der Waals surface area contributed by atoms with Crippen LogP contribution in [0.2, 0.25) is 10.0 Å². The minimum Gasteiger partial charge on any atom is -0.289 e. The van der Waals surface area contributed by atoms with Crippen LogP contribution in [0.1, 0.15) is 5.56 Å². The SMILES string of the molecule is Cc1ccc(Cl)c(Cl)c1.O=C(CS)NO. The smallest absolute Gasteiger partial charge is 0.253 e. The van der Waals surface area contributed by atoms with Crippen LogP contribution in [0.3, 0.4) is 0 Å². The van der Waals surface area contributed by atoms with Gasteiger partial charge < -0.3 is 0 Å². The molecule has 0 radical (unpaired) electrons. The van der Waals surface area contributed by atoms with Gasteiger partial charge in [0.2, 0.25) is 0 Å². The molecular weight excluding hydrogens is 257 g/mol. The number of hydrogen-bond acceptors (Lipinski definition) is 3. The molecule has 0 saturated carbocycles. The molecule has 0 heterocycles. The van der Waals surface area contributed by atoms with Crippen molar-refractivity contribution in [2.75, 3.05) is 5.75 Å². The lowest BCUT2D eigenvalue weighted by Crippen LogP contribution is -2.19. The van der Waals surface area contributed by atoms with Crippen molar-refractivity contribution in [3.05, 3.63) is 33.8 Å². The first-order valence-electron chi connectivity index (χ1n) is 3.96. The highest BCUT2D eigenvalue weighted by Gasteiger charge is 1.93. The van der Waals surface area contributed by atoms with Crippen molar-refractivity contribution < 1.29 is 10.0 Å². The van der Waals surface area contributed by atoms with Crippen molar-refractivity contribution in [1.82, 2.24) is 5.48 Å². The zero-order chi connectivity index (χ0) is 11.8. The normalized spacial score (nSPS) is 8.87. The summed E-state index contributed by atoms with van der Waals surface area (Å²) in [7, 11) is 0. The van der Waals surface area contributed by atoms with Gasteiger partial charge in [-0.05, 0) is 24.6 Å². The van der Waals surface area contributed by atoms with Gasteiger partial charge in [-0.15, -0.1) is 0 Å². The van der Waals surface area contributed by atoms with Crippen molar-refractivity contribution in [3.8, 4) is 0 Å². The lowest BCUT2D eigenvalue weighted by atomic mass is 10.2. The molecule has 3 nitrogen and oxygen atoms in total. The zero-order valence-corrected chi connectivity index (χ0v) is 10.4. The fraction of sp³-hybridized carbons (Fsp3) is 0.222. The van der Waals surface area contributed by atoms with Gasteiger partial charge >= 0.3 is 0 Å². The molecule has 15 heavy (non-hydrogen) atoms. The molecular formula is C9H11Cl2NO2S. The van der Waals surface area contributed by atoms with Gasteiger partial charge in [0.25, 0.3) is 5.91 Å². The number of rotatable bonds is 1. The van der Waals surface area contributed by atoms with Crippen LogP contribution in [0.15, 0.2) is 18.2 Å². The predicted molar refractivity (Wildman–Crippen MR) is 65.0 cm³/mol. The van der Waals surface area contributed by atoms with Gasteiger partial charge in [-0.3, -0.25) is 10.0 Å². The van der Waals surface area contributed by atoms with E-state index in [1.54, 1.807) is 6.07 Å². The highest BCUT2D eigenvalue weighted by atomic mass is 35.5. The van der Waals surface area contributed by atoms with Crippen molar-refractivity contribution in [3.63, 3.8) is 0 Å². The lowest BCUT2D eigenvalue weighted by molar-refractivity contribution is -0.126. The molecule has 1 aromatic rings. The summed E-state index contributed by atoms with van der Waals surface area (Å²) < 4.78 is 0. The molecule has 0 bridgehead atoms. The average Bonchev–Trinajstić information content (AvgIpc) is 2.23. The van der Waals surface area contributed by atoms with Gasteiger partial charge in [0.05, 0.1) is 15.8 Å². The molecule has 0 aliphatic heterocycles.